The van der Waals surface area contributed by atoms with Gasteiger partial charge in [-0.2, -0.15) is 5.26 Å². The molecule has 0 aliphatic carbocycles. The van der Waals surface area contributed by atoms with E-state index < -0.39 is 10.0 Å². The summed E-state index contributed by atoms with van der Waals surface area (Å²) in [4.78, 5) is 4.10. The lowest BCUT2D eigenvalue weighted by atomic mass is 10.2. The molecule has 0 aliphatic rings. The lowest BCUT2D eigenvalue weighted by molar-refractivity contribution is 0.601. The first kappa shape index (κ1) is 15.8. The van der Waals surface area contributed by atoms with Crippen LogP contribution in [-0.4, -0.2) is 13.4 Å². The highest BCUT2D eigenvalue weighted by molar-refractivity contribution is 9.10. The summed E-state index contributed by atoms with van der Waals surface area (Å²) in [7, 11) is -3.80. The normalized spacial score (nSPS) is 11.0. The minimum Gasteiger partial charge on any atom is -0.278 e. The highest BCUT2D eigenvalue weighted by Gasteiger charge is 2.17. The van der Waals surface area contributed by atoms with Gasteiger partial charge in [0.05, 0.1) is 26.9 Å². The van der Waals surface area contributed by atoms with Crippen LogP contribution < -0.4 is 4.72 Å². The number of nitrogens with one attached hydrogen (secondary N) is 1. The third kappa shape index (κ3) is 3.53. The van der Waals surface area contributed by atoms with Crippen molar-refractivity contribution >= 4 is 43.2 Å². The molecule has 0 bridgehead atoms. The van der Waals surface area contributed by atoms with Crippen LogP contribution in [-0.2, 0) is 10.0 Å². The third-order valence-electron chi connectivity index (χ3n) is 2.67. The van der Waals surface area contributed by atoms with Crippen LogP contribution in [0.3, 0.4) is 0 Å². The molecule has 0 amide bonds. The highest BCUT2D eigenvalue weighted by atomic mass is 79.9. The van der Waals surface area contributed by atoms with Crippen LogP contribution in [0.4, 0.5) is 5.69 Å². The smallest absolute Gasteiger partial charge is 0.262 e. The van der Waals surface area contributed by atoms with Gasteiger partial charge in [0.1, 0.15) is 10.7 Å². The fraction of sp³-hybridized carbons (Fsp3) is 0.0769. The number of halogens is 2. The van der Waals surface area contributed by atoms with Crippen molar-refractivity contribution in [2.45, 2.75) is 11.8 Å². The van der Waals surface area contributed by atoms with Crippen molar-refractivity contribution in [1.29, 1.82) is 5.26 Å². The molecule has 21 heavy (non-hydrogen) atoms. The van der Waals surface area contributed by atoms with Gasteiger partial charge in [0.25, 0.3) is 10.0 Å². The number of rotatable bonds is 3. The first-order chi connectivity index (χ1) is 9.83. The molecule has 1 aromatic carbocycles. The van der Waals surface area contributed by atoms with Gasteiger partial charge in [-0.15, -0.1) is 0 Å². The van der Waals surface area contributed by atoms with Crippen molar-refractivity contribution in [3.05, 3.63) is 51.2 Å². The van der Waals surface area contributed by atoms with Gasteiger partial charge < -0.3 is 0 Å². The minimum absolute atomic E-state index is 0.0196. The Kier molecular flexibility index (Phi) is 4.52. The number of anilines is 1. The van der Waals surface area contributed by atoms with E-state index in [-0.39, 0.29) is 15.5 Å². The Hall–Kier alpha value is -1.62. The number of nitriles is 1. The number of pyridine rings is 1. The van der Waals surface area contributed by atoms with Crippen LogP contribution >= 0.6 is 27.5 Å². The lowest BCUT2D eigenvalue weighted by Crippen LogP contribution is -2.14. The number of benzene rings is 1. The van der Waals surface area contributed by atoms with Crippen molar-refractivity contribution < 1.29 is 8.42 Å². The molecule has 5 nitrogen and oxygen atoms in total. The van der Waals surface area contributed by atoms with E-state index in [2.05, 4.69) is 25.6 Å². The molecule has 0 radical (unpaired) electrons. The average molecular weight is 387 g/mol. The summed E-state index contributed by atoms with van der Waals surface area (Å²) in [6.07, 6.45) is 0. The van der Waals surface area contributed by atoms with Crippen LogP contribution in [0.25, 0.3) is 0 Å². The van der Waals surface area contributed by atoms with Gasteiger partial charge in [0, 0.05) is 0 Å². The first-order valence-electron chi connectivity index (χ1n) is 5.69. The molecule has 0 atom stereocenters. The second kappa shape index (κ2) is 6.02. The summed E-state index contributed by atoms with van der Waals surface area (Å²) in [6.45, 7) is 1.69. The van der Waals surface area contributed by atoms with Crippen molar-refractivity contribution in [3.63, 3.8) is 0 Å². The van der Waals surface area contributed by atoms with Crippen LogP contribution in [0.2, 0.25) is 5.02 Å². The quantitative estimate of drug-likeness (QED) is 0.819. The van der Waals surface area contributed by atoms with Crippen LogP contribution in [0.15, 0.2) is 39.8 Å². The topological polar surface area (TPSA) is 82.8 Å². The summed E-state index contributed by atoms with van der Waals surface area (Å²) >= 11 is 9.07. The van der Waals surface area contributed by atoms with Gasteiger partial charge >= 0.3 is 0 Å². The van der Waals surface area contributed by atoms with E-state index in [1.807, 2.05) is 6.07 Å². The Morgan fingerprint density at radius 2 is 2.05 bits per heavy atom. The molecule has 0 spiro atoms. The number of hydrogen-bond donors (Lipinski definition) is 1. The predicted octanol–water partition coefficient (Wildman–Crippen LogP) is 3.48. The monoisotopic (exact) mass is 385 g/mol. The summed E-state index contributed by atoms with van der Waals surface area (Å²) < 4.78 is 27.7. The molecular formula is C13H9BrClN3O2S. The second-order valence-electron chi connectivity index (χ2n) is 4.13. The number of nitrogens with zero attached hydrogens (tertiary/aromatic N) is 2. The van der Waals surface area contributed by atoms with Crippen LogP contribution in [0, 0.1) is 18.3 Å². The maximum Gasteiger partial charge on any atom is 0.262 e. The van der Waals surface area contributed by atoms with Gasteiger partial charge in [-0.25, -0.2) is 13.4 Å². The van der Waals surface area contributed by atoms with E-state index in [0.29, 0.717) is 16.0 Å². The van der Waals surface area contributed by atoms with E-state index in [0.717, 1.165) is 0 Å². The van der Waals surface area contributed by atoms with Crippen molar-refractivity contribution in [1.82, 2.24) is 4.98 Å². The maximum atomic E-state index is 12.3. The molecule has 2 aromatic rings. The Morgan fingerprint density at radius 1 is 1.33 bits per heavy atom. The van der Waals surface area contributed by atoms with Crippen LogP contribution in [0.5, 0.6) is 0 Å². The largest absolute Gasteiger partial charge is 0.278 e. The second-order valence-corrected chi connectivity index (χ2v) is 7.03. The minimum atomic E-state index is -3.80. The molecule has 0 unspecified atom stereocenters. The Labute approximate surface area is 135 Å². The zero-order valence-electron chi connectivity index (χ0n) is 10.8. The van der Waals surface area contributed by atoms with E-state index in [1.165, 1.54) is 18.2 Å². The molecule has 8 heteroatoms. The van der Waals surface area contributed by atoms with Gasteiger partial charge in [0.2, 0.25) is 0 Å². The average Bonchev–Trinajstić information content (AvgIpc) is 2.42. The lowest BCUT2D eigenvalue weighted by Gasteiger charge is -2.10. The van der Waals surface area contributed by atoms with E-state index in [4.69, 9.17) is 16.9 Å². The zero-order valence-corrected chi connectivity index (χ0v) is 13.9. The molecule has 1 N–H and O–H groups in total. The molecule has 1 heterocycles. The van der Waals surface area contributed by atoms with Gasteiger partial charge in [0.15, 0.2) is 0 Å². The van der Waals surface area contributed by atoms with Crippen molar-refractivity contribution in [2.24, 2.45) is 0 Å². The van der Waals surface area contributed by atoms with E-state index in [1.54, 1.807) is 19.1 Å². The first-order valence-corrected chi connectivity index (χ1v) is 8.34. The number of sulfonamides is 1. The molecule has 0 aliphatic heterocycles. The summed E-state index contributed by atoms with van der Waals surface area (Å²) in [5.74, 6) is 0. The van der Waals surface area contributed by atoms with E-state index in [9.17, 15) is 8.42 Å². The molecule has 0 saturated heterocycles. The van der Waals surface area contributed by atoms with Gasteiger partial charge in [-0.3, -0.25) is 4.72 Å². The van der Waals surface area contributed by atoms with Gasteiger partial charge in [-0.1, -0.05) is 11.6 Å². The number of aromatic nitrogens is 1. The fourth-order valence-corrected chi connectivity index (χ4v) is 3.42. The van der Waals surface area contributed by atoms with Gasteiger partial charge in [-0.05, 0) is 53.2 Å². The zero-order chi connectivity index (χ0) is 15.6. The maximum absolute atomic E-state index is 12.3. The Morgan fingerprint density at radius 3 is 2.62 bits per heavy atom. The molecule has 0 saturated carbocycles. The third-order valence-corrected chi connectivity index (χ3v) is 4.78. The Bertz CT molecular complexity index is 847. The number of aryl methyl sites for hydroxylation is 1. The fourth-order valence-electron chi connectivity index (χ4n) is 1.60. The standard InChI is InChI=1S/C13H9BrClN3O2S/c1-8-12(4-5-13(14)17-8)18-21(19,20)10-3-2-9(7-16)11(15)6-10/h2-6,18H,1H3. The summed E-state index contributed by atoms with van der Waals surface area (Å²) in [5, 5.41) is 8.89. The molecule has 2 rings (SSSR count). The highest BCUT2D eigenvalue weighted by Crippen LogP contribution is 2.24. The van der Waals surface area contributed by atoms with Crippen molar-refractivity contribution in [2.75, 3.05) is 4.72 Å². The van der Waals surface area contributed by atoms with Crippen molar-refractivity contribution in [3.8, 4) is 6.07 Å². The SMILES string of the molecule is Cc1nc(Br)ccc1NS(=O)(=O)c1ccc(C#N)c(Cl)c1. The summed E-state index contributed by atoms with van der Waals surface area (Å²) in [6, 6.07) is 9.05. The molecule has 108 valence electrons. The Balaban J connectivity index is 2.39. The number of hydrogen-bond acceptors (Lipinski definition) is 4. The van der Waals surface area contributed by atoms with Crippen LogP contribution in [0.1, 0.15) is 11.3 Å². The molecular weight excluding hydrogens is 378 g/mol. The predicted molar refractivity (Wildman–Crippen MR) is 83.6 cm³/mol. The van der Waals surface area contributed by atoms with E-state index >= 15 is 0 Å². The summed E-state index contributed by atoms with van der Waals surface area (Å²) in [5.41, 5.74) is 1.13. The molecule has 0 fully saturated rings. The molecule has 1 aromatic heterocycles.